The molecule has 0 fully saturated rings. The zero-order chi connectivity index (χ0) is 16.1. The Bertz CT molecular complexity index is 653. The van der Waals surface area contributed by atoms with E-state index in [1.54, 1.807) is 12.1 Å². The Morgan fingerprint density at radius 2 is 2.05 bits per heavy atom. The molecule has 6 heteroatoms. The number of aliphatic carboxylic acids is 1. The quantitative estimate of drug-likeness (QED) is 0.859. The van der Waals surface area contributed by atoms with Gasteiger partial charge in [-0.05, 0) is 29.6 Å². The monoisotopic (exact) mass is 318 g/mol. The van der Waals surface area contributed by atoms with Gasteiger partial charge in [-0.3, -0.25) is 9.59 Å². The average Bonchev–Trinajstić information content (AvgIpc) is 3.00. The van der Waals surface area contributed by atoms with Crippen LogP contribution in [0.1, 0.15) is 27.7 Å². The third-order valence-electron chi connectivity index (χ3n) is 3.20. The normalized spacial score (nSPS) is 11.7. The molecule has 0 saturated heterocycles. The van der Waals surface area contributed by atoms with E-state index in [2.05, 4.69) is 5.32 Å². The SMILES string of the molecule is CN(C)c1cccc(C(=O)NC(CC(=O)O)c2cccs2)c1. The summed E-state index contributed by atoms with van der Waals surface area (Å²) >= 11 is 1.43. The lowest BCUT2D eigenvalue weighted by Crippen LogP contribution is -2.29. The van der Waals surface area contributed by atoms with Gasteiger partial charge in [0.15, 0.2) is 0 Å². The van der Waals surface area contributed by atoms with Crippen LogP contribution in [0.2, 0.25) is 0 Å². The number of rotatable bonds is 6. The molecule has 2 N–H and O–H groups in total. The number of carbonyl (C=O) groups is 2. The van der Waals surface area contributed by atoms with Gasteiger partial charge in [0.1, 0.15) is 0 Å². The summed E-state index contributed by atoms with van der Waals surface area (Å²) < 4.78 is 0. The highest BCUT2D eigenvalue weighted by atomic mass is 32.1. The minimum absolute atomic E-state index is 0.139. The number of thiophene rings is 1. The number of carboxylic acids is 1. The lowest BCUT2D eigenvalue weighted by molar-refractivity contribution is -0.137. The summed E-state index contributed by atoms with van der Waals surface area (Å²) in [5, 5.41) is 13.7. The molecule has 0 aliphatic rings. The highest BCUT2D eigenvalue weighted by Gasteiger charge is 2.20. The highest BCUT2D eigenvalue weighted by molar-refractivity contribution is 7.10. The number of hydrogen-bond donors (Lipinski definition) is 2. The second-order valence-electron chi connectivity index (χ2n) is 5.08. The first-order valence-electron chi connectivity index (χ1n) is 6.81. The van der Waals surface area contributed by atoms with Crippen molar-refractivity contribution >= 4 is 28.9 Å². The second kappa shape index (κ2) is 7.09. The fourth-order valence-corrected chi connectivity index (χ4v) is 2.83. The third kappa shape index (κ3) is 4.08. The smallest absolute Gasteiger partial charge is 0.305 e. The van der Waals surface area contributed by atoms with Crippen LogP contribution in [0.15, 0.2) is 41.8 Å². The molecule has 0 bridgehead atoms. The van der Waals surface area contributed by atoms with E-state index in [0.717, 1.165) is 10.6 Å². The molecular weight excluding hydrogens is 300 g/mol. The Labute approximate surface area is 133 Å². The van der Waals surface area contributed by atoms with Crippen LogP contribution in [0.4, 0.5) is 5.69 Å². The molecule has 1 aromatic carbocycles. The van der Waals surface area contributed by atoms with Gasteiger partial charge in [0.25, 0.3) is 5.91 Å². The first-order chi connectivity index (χ1) is 10.5. The number of hydrogen-bond acceptors (Lipinski definition) is 4. The van der Waals surface area contributed by atoms with Crippen molar-refractivity contribution in [3.63, 3.8) is 0 Å². The molecule has 116 valence electrons. The fraction of sp³-hybridized carbons (Fsp3) is 0.250. The maximum atomic E-state index is 12.4. The van der Waals surface area contributed by atoms with E-state index >= 15 is 0 Å². The molecule has 0 aliphatic carbocycles. The molecular formula is C16H18N2O3S. The van der Waals surface area contributed by atoms with Gasteiger partial charge in [-0.1, -0.05) is 12.1 Å². The molecule has 0 saturated carbocycles. The van der Waals surface area contributed by atoms with Crippen molar-refractivity contribution in [2.45, 2.75) is 12.5 Å². The lowest BCUT2D eigenvalue weighted by Gasteiger charge is -2.17. The molecule has 2 rings (SSSR count). The maximum absolute atomic E-state index is 12.4. The molecule has 1 heterocycles. The van der Waals surface area contributed by atoms with Crippen molar-refractivity contribution in [2.24, 2.45) is 0 Å². The Hall–Kier alpha value is -2.34. The third-order valence-corrected chi connectivity index (χ3v) is 4.18. The van der Waals surface area contributed by atoms with Crippen LogP contribution < -0.4 is 10.2 Å². The van der Waals surface area contributed by atoms with Crippen LogP contribution >= 0.6 is 11.3 Å². The minimum atomic E-state index is -0.944. The van der Waals surface area contributed by atoms with E-state index in [4.69, 9.17) is 5.11 Å². The molecule has 0 spiro atoms. The standard InChI is InChI=1S/C16H18N2O3S/c1-18(2)12-6-3-5-11(9-12)16(21)17-13(10-15(19)20)14-7-4-8-22-14/h3-9,13H,10H2,1-2H3,(H,17,21)(H,19,20). The van der Waals surface area contributed by atoms with Gasteiger partial charge in [0.05, 0.1) is 12.5 Å². The molecule has 5 nitrogen and oxygen atoms in total. The summed E-state index contributed by atoms with van der Waals surface area (Å²) in [6, 6.07) is 10.4. The van der Waals surface area contributed by atoms with Crippen LogP contribution in [0.3, 0.4) is 0 Å². The first kappa shape index (κ1) is 16.0. The first-order valence-corrected chi connectivity index (χ1v) is 7.69. The number of benzene rings is 1. The van der Waals surface area contributed by atoms with Gasteiger partial charge in [-0.2, -0.15) is 0 Å². The molecule has 1 aromatic heterocycles. The van der Waals surface area contributed by atoms with Crippen molar-refractivity contribution < 1.29 is 14.7 Å². The van der Waals surface area contributed by atoms with Gasteiger partial charge in [-0.25, -0.2) is 0 Å². The fourth-order valence-electron chi connectivity index (χ4n) is 2.05. The molecule has 0 radical (unpaired) electrons. The lowest BCUT2D eigenvalue weighted by atomic mass is 10.1. The topological polar surface area (TPSA) is 69.6 Å². The van der Waals surface area contributed by atoms with Crippen LogP contribution in [-0.2, 0) is 4.79 Å². The summed E-state index contributed by atoms with van der Waals surface area (Å²) in [7, 11) is 3.80. The second-order valence-corrected chi connectivity index (χ2v) is 6.06. The predicted octanol–water partition coefficient (Wildman–Crippen LogP) is 2.76. The Balaban J connectivity index is 2.17. The van der Waals surface area contributed by atoms with Gasteiger partial charge in [-0.15, -0.1) is 11.3 Å². The summed E-state index contributed by atoms with van der Waals surface area (Å²) in [4.78, 5) is 26.1. The minimum Gasteiger partial charge on any atom is -0.481 e. The number of anilines is 1. The van der Waals surface area contributed by atoms with E-state index in [9.17, 15) is 9.59 Å². The van der Waals surface area contributed by atoms with E-state index in [0.29, 0.717) is 5.56 Å². The van der Waals surface area contributed by atoms with E-state index in [-0.39, 0.29) is 12.3 Å². The van der Waals surface area contributed by atoms with Crippen molar-refractivity contribution in [2.75, 3.05) is 19.0 Å². The Morgan fingerprint density at radius 1 is 1.27 bits per heavy atom. The van der Waals surface area contributed by atoms with Crippen molar-refractivity contribution in [3.8, 4) is 0 Å². The average molecular weight is 318 g/mol. The van der Waals surface area contributed by atoms with E-state index < -0.39 is 12.0 Å². The number of nitrogens with one attached hydrogen (secondary N) is 1. The van der Waals surface area contributed by atoms with Crippen LogP contribution in [0.5, 0.6) is 0 Å². The zero-order valence-corrected chi connectivity index (χ0v) is 13.3. The molecule has 1 unspecified atom stereocenters. The number of nitrogens with zero attached hydrogens (tertiary/aromatic N) is 1. The van der Waals surface area contributed by atoms with E-state index in [1.807, 2.05) is 48.6 Å². The highest BCUT2D eigenvalue weighted by Crippen LogP contribution is 2.23. The molecule has 0 aliphatic heterocycles. The molecule has 1 amide bonds. The van der Waals surface area contributed by atoms with Crippen LogP contribution in [0, 0.1) is 0 Å². The number of carbonyl (C=O) groups excluding carboxylic acids is 1. The Morgan fingerprint density at radius 3 is 2.64 bits per heavy atom. The number of amides is 1. The van der Waals surface area contributed by atoms with Crippen molar-refractivity contribution in [1.29, 1.82) is 0 Å². The van der Waals surface area contributed by atoms with E-state index in [1.165, 1.54) is 11.3 Å². The Kier molecular flexibility index (Phi) is 5.16. The van der Waals surface area contributed by atoms with Crippen LogP contribution in [-0.4, -0.2) is 31.1 Å². The maximum Gasteiger partial charge on any atom is 0.305 e. The largest absolute Gasteiger partial charge is 0.481 e. The van der Waals surface area contributed by atoms with Gasteiger partial charge >= 0.3 is 5.97 Å². The van der Waals surface area contributed by atoms with Gasteiger partial charge < -0.3 is 15.3 Å². The van der Waals surface area contributed by atoms with Gasteiger partial charge in [0, 0.05) is 30.2 Å². The number of carboxylic acid groups (broad SMARTS) is 1. The summed E-state index contributed by atoms with van der Waals surface area (Å²) in [6.45, 7) is 0. The summed E-state index contributed by atoms with van der Waals surface area (Å²) in [5.41, 5.74) is 1.43. The molecule has 22 heavy (non-hydrogen) atoms. The van der Waals surface area contributed by atoms with Crippen molar-refractivity contribution in [3.05, 3.63) is 52.2 Å². The summed E-state index contributed by atoms with van der Waals surface area (Å²) in [5.74, 6) is -1.22. The molecule has 2 aromatic rings. The predicted molar refractivity (Wildman–Crippen MR) is 87.5 cm³/mol. The zero-order valence-electron chi connectivity index (χ0n) is 12.4. The van der Waals surface area contributed by atoms with Crippen LogP contribution in [0.25, 0.3) is 0 Å². The summed E-state index contributed by atoms with van der Waals surface area (Å²) in [6.07, 6.45) is -0.139. The van der Waals surface area contributed by atoms with Crippen molar-refractivity contribution in [1.82, 2.24) is 5.32 Å². The van der Waals surface area contributed by atoms with Gasteiger partial charge in [0.2, 0.25) is 0 Å². The molecule has 1 atom stereocenters.